The Kier molecular flexibility index (Phi) is 13.3. The number of Topliss-reactive ketones (excluding diaryl/α,β-unsaturated/α-hetero) is 1. The van der Waals surface area contributed by atoms with Gasteiger partial charge in [0.1, 0.15) is 0 Å². The summed E-state index contributed by atoms with van der Waals surface area (Å²) in [5, 5.41) is 10.8. The number of hydrogen-bond donors (Lipinski definition) is 0. The number of fused-ring (bicyclic) bond motifs is 1. The van der Waals surface area contributed by atoms with Crippen molar-refractivity contribution in [2.75, 3.05) is 18.0 Å². The lowest BCUT2D eigenvalue weighted by molar-refractivity contribution is -0.0885. The normalized spacial score (nSPS) is 11.9. The van der Waals surface area contributed by atoms with Crippen LogP contribution in [-0.4, -0.2) is 25.0 Å². The molecular formula is C34H44F3N3O. The number of rotatable bonds is 18. The minimum Gasteiger partial charge on any atom is -0.371 e. The first-order valence-corrected chi connectivity index (χ1v) is 15.2. The van der Waals surface area contributed by atoms with Crippen molar-refractivity contribution in [1.29, 1.82) is 0 Å². The first kappa shape index (κ1) is 32.3. The number of anilines is 1. The minimum atomic E-state index is -4.90. The molecule has 3 aromatic rings. The Labute approximate surface area is 243 Å². The zero-order valence-corrected chi connectivity index (χ0v) is 24.6. The van der Waals surface area contributed by atoms with Gasteiger partial charge >= 0.3 is 6.18 Å². The molecule has 0 bridgehead atoms. The van der Waals surface area contributed by atoms with E-state index < -0.39 is 17.5 Å². The van der Waals surface area contributed by atoms with Crippen LogP contribution in [0.1, 0.15) is 101 Å². The van der Waals surface area contributed by atoms with E-state index in [2.05, 4.69) is 41.1 Å². The Hall–Kier alpha value is -3.22. The number of nitrogens with zero attached hydrogens (tertiary/aromatic N) is 3. The van der Waals surface area contributed by atoms with Crippen molar-refractivity contribution in [3.63, 3.8) is 0 Å². The van der Waals surface area contributed by atoms with E-state index in [9.17, 15) is 18.0 Å². The van der Waals surface area contributed by atoms with E-state index in [1.165, 1.54) is 94.9 Å². The van der Waals surface area contributed by atoms with Crippen molar-refractivity contribution >= 4 is 33.6 Å². The van der Waals surface area contributed by atoms with E-state index in [-0.39, 0.29) is 0 Å². The van der Waals surface area contributed by atoms with E-state index in [1.54, 1.807) is 0 Å². The Morgan fingerprint density at radius 2 is 1.20 bits per heavy atom. The molecule has 0 saturated carbocycles. The van der Waals surface area contributed by atoms with Crippen LogP contribution in [0.25, 0.3) is 10.8 Å². The summed E-state index contributed by atoms with van der Waals surface area (Å²) in [5.41, 5.74) is 1.86. The number of carbonyl (C=O) groups is 1. The Balaban J connectivity index is 1.78. The van der Waals surface area contributed by atoms with Gasteiger partial charge in [0.25, 0.3) is 5.78 Å². The maximum absolute atomic E-state index is 12.7. The molecule has 0 unspecified atom stereocenters. The molecule has 41 heavy (non-hydrogen) atoms. The average molecular weight is 568 g/mol. The molecular weight excluding hydrogens is 523 g/mol. The van der Waals surface area contributed by atoms with Gasteiger partial charge in [-0.25, -0.2) is 0 Å². The monoisotopic (exact) mass is 567 g/mol. The molecule has 3 rings (SSSR count). The van der Waals surface area contributed by atoms with Gasteiger partial charge in [0.15, 0.2) is 0 Å². The van der Waals surface area contributed by atoms with Gasteiger partial charge < -0.3 is 4.90 Å². The molecule has 0 spiro atoms. The third-order valence-electron chi connectivity index (χ3n) is 7.44. The predicted molar refractivity (Wildman–Crippen MR) is 164 cm³/mol. The van der Waals surface area contributed by atoms with Gasteiger partial charge in [-0.1, -0.05) is 102 Å². The SMILES string of the molecule is CCCCCCCCN(CCCCCCCC)c1ccc(N=Nc2ccc(C(=O)C(F)(F)F)cc2)c2ccccc12. The van der Waals surface area contributed by atoms with Gasteiger partial charge in [0.2, 0.25) is 0 Å². The van der Waals surface area contributed by atoms with E-state index in [1.807, 2.05) is 24.3 Å². The first-order valence-electron chi connectivity index (χ1n) is 15.2. The highest BCUT2D eigenvalue weighted by Gasteiger charge is 2.39. The summed E-state index contributed by atoms with van der Waals surface area (Å²) >= 11 is 0. The fourth-order valence-electron chi connectivity index (χ4n) is 5.10. The molecule has 0 fully saturated rings. The summed E-state index contributed by atoms with van der Waals surface area (Å²) in [6, 6.07) is 17.3. The van der Waals surface area contributed by atoms with Gasteiger partial charge in [-0.3, -0.25) is 4.79 Å². The first-order chi connectivity index (χ1) is 19.8. The number of carbonyl (C=O) groups excluding carboxylic acids is 1. The second kappa shape index (κ2) is 16.9. The van der Waals surface area contributed by atoms with E-state index >= 15 is 0 Å². The topological polar surface area (TPSA) is 45.0 Å². The van der Waals surface area contributed by atoms with Crippen LogP contribution in [-0.2, 0) is 0 Å². The summed E-state index contributed by atoms with van der Waals surface area (Å²) in [6.07, 6.45) is 10.2. The fraction of sp³-hybridized carbons (Fsp3) is 0.500. The standard InChI is InChI=1S/C34H44F3N3O/c1-3-5-7-9-11-15-25-40(26-16-12-10-8-6-4-2)32-24-23-31(29-17-13-14-18-30(29)32)39-38-28-21-19-27(20-22-28)33(41)34(35,36)37/h13-14,17-24H,3-12,15-16,25-26H2,1-2H3. The van der Waals surface area contributed by atoms with Crippen LogP contribution in [0.4, 0.5) is 30.2 Å². The number of ketones is 1. The summed E-state index contributed by atoms with van der Waals surface area (Å²) in [6.45, 7) is 6.53. The molecule has 7 heteroatoms. The van der Waals surface area contributed by atoms with Crippen LogP contribution in [0.2, 0.25) is 0 Å². The highest BCUT2D eigenvalue weighted by molar-refractivity contribution is 6.01. The Morgan fingerprint density at radius 1 is 0.659 bits per heavy atom. The summed E-state index contributed by atoms with van der Waals surface area (Å²) in [5.74, 6) is -1.87. The molecule has 0 radical (unpaired) electrons. The predicted octanol–water partition coefficient (Wildman–Crippen LogP) is 11.5. The number of alkyl halides is 3. The molecule has 0 aliphatic rings. The van der Waals surface area contributed by atoms with Crippen molar-refractivity contribution in [3.8, 4) is 0 Å². The summed E-state index contributed by atoms with van der Waals surface area (Å²) in [7, 11) is 0. The highest BCUT2D eigenvalue weighted by atomic mass is 19.4. The molecule has 0 amide bonds. The maximum atomic E-state index is 12.7. The summed E-state index contributed by atoms with van der Waals surface area (Å²) in [4.78, 5) is 14.0. The molecule has 222 valence electrons. The van der Waals surface area contributed by atoms with Gasteiger partial charge in [-0.2, -0.15) is 18.3 Å². The van der Waals surface area contributed by atoms with Crippen LogP contribution in [0.3, 0.4) is 0 Å². The molecule has 0 heterocycles. The lowest BCUT2D eigenvalue weighted by Gasteiger charge is -2.27. The zero-order valence-electron chi connectivity index (χ0n) is 24.6. The number of unbranched alkanes of at least 4 members (excludes halogenated alkanes) is 10. The molecule has 0 N–H and O–H groups in total. The van der Waals surface area contributed by atoms with Gasteiger partial charge in [0, 0.05) is 35.1 Å². The molecule has 0 atom stereocenters. The molecule has 0 aromatic heterocycles. The number of hydrogen-bond acceptors (Lipinski definition) is 4. The van der Waals surface area contributed by atoms with Crippen molar-refractivity contribution in [2.45, 2.75) is 97.1 Å². The van der Waals surface area contributed by atoms with Crippen LogP contribution in [0.5, 0.6) is 0 Å². The Bertz CT molecular complexity index is 1220. The van der Waals surface area contributed by atoms with Crippen molar-refractivity contribution < 1.29 is 18.0 Å². The highest BCUT2D eigenvalue weighted by Crippen LogP contribution is 2.35. The van der Waals surface area contributed by atoms with Crippen molar-refractivity contribution in [2.24, 2.45) is 10.2 Å². The summed E-state index contributed by atoms with van der Waals surface area (Å²) < 4.78 is 38.1. The van der Waals surface area contributed by atoms with E-state index in [4.69, 9.17) is 0 Å². The second-order valence-corrected chi connectivity index (χ2v) is 10.7. The van der Waals surface area contributed by atoms with Crippen LogP contribution >= 0.6 is 0 Å². The largest absolute Gasteiger partial charge is 0.454 e. The fourth-order valence-corrected chi connectivity index (χ4v) is 5.10. The molecule has 0 aliphatic carbocycles. The lowest BCUT2D eigenvalue weighted by Crippen LogP contribution is -2.26. The number of azo groups is 1. The average Bonchev–Trinajstić information content (AvgIpc) is 2.98. The van der Waals surface area contributed by atoms with Crippen LogP contribution in [0, 0.1) is 0 Å². The van der Waals surface area contributed by atoms with Crippen LogP contribution < -0.4 is 4.90 Å². The second-order valence-electron chi connectivity index (χ2n) is 10.7. The zero-order chi connectivity index (χ0) is 29.5. The van der Waals surface area contributed by atoms with Crippen LogP contribution in [0.15, 0.2) is 70.9 Å². The number of benzene rings is 3. The Morgan fingerprint density at radius 3 is 1.76 bits per heavy atom. The lowest BCUT2D eigenvalue weighted by atomic mass is 10.0. The molecule has 3 aromatic carbocycles. The van der Waals surface area contributed by atoms with E-state index in [0.29, 0.717) is 11.4 Å². The minimum absolute atomic E-state index is 0.379. The molecule has 0 saturated heterocycles. The van der Waals surface area contributed by atoms with Gasteiger partial charge in [-0.15, -0.1) is 5.11 Å². The van der Waals surface area contributed by atoms with Crippen molar-refractivity contribution in [1.82, 2.24) is 0 Å². The number of halogens is 3. The van der Waals surface area contributed by atoms with Gasteiger partial charge in [0.05, 0.1) is 11.4 Å². The maximum Gasteiger partial charge on any atom is 0.454 e. The van der Waals surface area contributed by atoms with Gasteiger partial charge in [-0.05, 0) is 49.2 Å². The van der Waals surface area contributed by atoms with Crippen molar-refractivity contribution in [3.05, 3.63) is 66.2 Å². The van der Waals surface area contributed by atoms with E-state index in [0.717, 1.165) is 36.0 Å². The smallest absolute Gasteiger partial charge is 0.371 e. The third kappa shape index (κ3) is 10.3. The quantitative estimate of drug-likeness (QED) is 0.0872. The molecule has 4 nitrogen and oxygen atoms in total. The third-order valence-corrected chi connectivity index (χ3v) is 7.44. The molecule has 0 aliphatic heterocycles.